The minimum absolute atomic E-state index is 0.391. The zero-order valence-corrected chi connectivity index (χ0v) is 8.94. The van der Waals surface area contributed by atoms with Gasteiger partial charge in [-0.25, -0.2) is 4.99 Å². The molecule has 2 aliphatic heterocycles. The van der Waals surface area contributed by atoms with Gasteiger partial charge in [-0.2, -0.15) is 0 Å². The average Bonchev–Trinajstić information content (AvgIpc) is 2.65. The van der Waals surface area contributed by atoms with E-state index in [1.54, 1.807) is 6.08 Å². The van der Waals surface area contributed by atoms with Crippen LogP contribution in [0.3, 0.4) is 0 Å². The summed E-state index contributed by atoms with van der Waals surface area (Å²) in [6.45, 7) is 1.60. The molecule has 0 aromatic carbocycles. The lowest BCUT2D eigenvalue weighted by atomic mass is 10.1. The lowest BCUT2D eigenvalue weighted by Crippen LogP contribution is -2.35. The van der Waals surface area contributed by atoms with Gasteiger partial charge in [-0.05, 0) is 24.5 Å². The van der Waals surface area contributed by atoms with Crippen LogP contribution in [0.5, 0.6) is 0 Å². The Morgan fingerprint density at radius 2 is 2.12 bits per heavy atom. The zero-order valence-electron chi connectivity index (χ0n) is 8.94. The Morgan fingerprint density at radius 1 is 1.31 bits per heavy atom. The largest absolute Gasteiger partial charge is 0.364 e. The van der Waals surface area contributed by atoms with Crippen molar-refractivity contribution in [2.24, 2.45) is 10.7 Å². The van der Waals surface area contributed by atoms with Gasteiger partial charge in [0.2, 0.25) is 0 Å². The van der Waals surface area contributed by atoms with Crippen LogP contribution >= 0.6 is 0 Å². The third-order valence-electron chi connectivity index (χ3n) is 3.20. The quantitative estimate of drug-likeness (QED) is 0.655. The van der Waals surface area contributed by atoms with Crippen LogP contribution in [-0.4, -0.2) is 29.7 Å². The maximum absolute atomic E-state index is 11.1. The first-order chi connectivity index (χ1) is 7.74. The van der Waals surface area contributed by atoms with E-state index in [0.29, 0.717) is 5.70 Å². The molecular weight excluding hydrogens is 202 g/mol. The summed E-state index contributed by atoms with van der Waals surface area (Å²) >= 11 is 0. The van der Waals surface area contributed by atoms with Crippen molar-refractivity contribution in [2.45, 2.75) is 12.8 Å². The van der Waals surface area contributed by atoms with Gasteiger partial charge in [-0.3, -0.25) is 4.79 Å². The first-order valence-corrected chi connectivity index (χ1v) is 5.45. The molecule has 2 heterocycles. The van der Waals surface area contributed by atoms with E-state index in [-0.39, 0.29) is 0 Å². The van der Waals surface area contributed by atoms with Crippen LogP contribution in [0, 0.1) is 0 Å². The molecule has 4 heteroatoms. The van der Waals surface area contributed by atoms with Gasteiger partial charge in [0.15, 0.2) is 0 Å². The monoisotopic (exact) mass is 215 g/mol. The Kier molecular flexibility index (Phi) is 1.96. The number of amidine groups is 1. The van der Waals surface area contributed by atoms with E-state index in [2.05, 4.69) is 22.0 Å². The second-order valence-electron chi connectivity index (χ2n) is 4.27. The van der Waals surface area contributed by atoms with Crippen molar-refractivity contribution in [2.75, 3.05) is 13.1 Å². The molecule has 0 aromatic rings. The summed E-state index contributed by atoms with van der Waals surface area (Å²) in [5, 5.41) is 0. The minimum Gasteiger partial charge on any atom is -0.364 e. The molecule has 0 fully saturated rings. The fourth-order valence-electron chi connectivity index (χ4n) is 2.31. The summed E-state index contributed by atoms with van der Waals surface area (Å²) in [6, 6.07) is 0. The highest BCUT2D eigenvalue weighted by Crippen LogP contribution is 2.30. The minimum atomic E-state index is -0.442. The Hall–Kier alpha value is -1.84. The number of hydrogen-bond acceptors (Lipinski definition) is 3. The van der Waals surface area contributed by atoms with Crippen LogP contribution in [-0.2, 0) is 4.79 Å². The summed E-state index contributed by atoms with van der Waals surface area (Å²) in [5.74, 6) is 0.489. The summed E-state index contributed by atoms with van der Waals surface area (Å²) in [6.07, 6.45) is 8.25. The molecule has 1 amide bonds. The van der Waals surface area contributed by atoms with E-state index < -0.39 is 5.91 Å². The molecule has 2 bridgehead atoms. The zero-order chi connectivity index (χ0) is 11.1. The molecule has 3 aliphatic rings. The smallest absolute Gasteiger partial charge is 0.267 e. The van der Waals surface area contributed by atoms with Crippen molar-refractivity contribution in [1.29, 1.82) is 0 Å². The van der Waals surface area contributed by atoms with Crippen molar-refractivity contribution in [3.05, 3.63) is 35.1 Å². The molecule has 0 spiro atoms. The van der Waals surface area contributed by atoms with E-state index in [1.807, 2.05) is 0 Å². The topological polar surface area (TPSA) is 58.7 Å². The van der Waals surface area contributed by atoms with E-state index in [9.17, 15) is 4.79 Å². The van der Waals surface area contributed by atoms with E-state index in [4.69, 9.17) is 5.73 Å². The highest BCUT2D eigenvalue weighted by Gasteiger charge is 2.26. The Morgan fingerprint density at radius 3 is 2.94 bits per heavy atom. The maximum atomic E-state index is 11.1. The number of nitrogens with two attached hydrogens (primary N) is 1. The third-order valence-corrected chi connectivity index (χ3v) is 3.20. The predicted molar refractivity (Wildman–Crippen MR) is 61.7 cm³/mol. The molecule has 4 nitrogen and oxygen atoms in total. The number of aliphatic imine (C=N–C) groups is 1. The van der Waals surface area contributed by atoms with Crippen molar-refractivity contribution in [1.82, 2.24) is 4.90 Å². The lowest BCUT2D eigenvalue weighted by Gasteiger charge is -2.26. The first kappa shape index (κ1) is 9.39. The van der Waals surface area contributed by atoms with Gasteiger partial charge in [-0.1, -0.05) is 17.7 Å². The van der Waals surface area contributed by atoms with Gasteiger partial charge in [0, 0.05) is 13.1 Å². The molecule has 0 unspecified atom stereocenters. The number of hydrogen-bond donors (Lipinski definition) is 1. The van der Waals surface area contributed by atoms with E-state index in [0.717, 1.165) is 31.8 Å². The van der Waals surface area contributed by atoms with Gasteiger partial charge >= 0.3 is 0 Å². The average molecular weight is 215 g/mol. The molecule has 82 valence electrons. The molecule has 0 radical (unpaired) electrons. The van der Waals surface area contributed by atoms with Crippen LogP contribution in [0.1, 0.15) is 12.8 Å². The summed E-state index contributed by atoms with van der Waals surface area (Å²) in [4.78, 5) is 17.7. The van der Waals surface area contributed by atoms with Crippen molar-refractivity contribution < 1.29 is 4.79 Å². The molecule has 0 saturated carbocycles. The lowest BCUT2D eigenvalue weighted by molar-refractivity contribution is -0.114. The summed E-state index contributed by atoms with van der Waals surface area (Å²) < 4.78 is 0. The first-order valence-electron chi connectivity index (χ1n) is 5.45. The van der Waals surface area contributed by atoms with Crippen LogP contribution in [0.4, 0.5) is 0 Å². The van der Waals surface area contributed by atoms with E-state index in [1.165, 1.54) is 11.1 Å². The third kappa shape index (κ3) is 1.38. The molecule has 1 aliphatic carbocycles. The van der Waals surface area contributed by atoms with E-state index >= 15 is 0 Å². The molecule has 2 N–H and O–H groups in total. The van der Waals surface area contributed by atoms with Gasteiger partial charge < -0.3 is 10.6 Å². The molecule has 0 saturated heterocycles. The number of allylic oxidation sites excluding steroid dienone is 2. The van der Waals surface area contributed by atoms with Crippen LogP contribution in [0.15, 0.2) is 40.1 Å². The number of carbonyl (C=O) groups is 1. The number of primary amides is 1. The summed E-state index contributed by atoms with van der Waals surface area (Å²) in [7, 11) is 0. The van der Waals surface area contributed by atoms with Crippen molar-refractivity contribution >= 4 is 11.7 Å². The summed E-state index contributed by atoms with van der Waals surface area (Å²) in [5.41, 5.74) is 8.33. The Labute approximate surface area is 93.8 Å². The fraction of sp³-hybridized carbons (Fsp3) is 0.333. The number of rotatable bonds is 1. The predicted octanol–water partition coefficient (Wildman–Crippen LogP) is 0.730. The van der Waals surface area contributed by atoms with Crippen LogP contribution in [0.2, 0.25) is 0 Å². The van der Waals surface area contributed by atoms with Crippen molar-refractivity contribution in [3.8, 4) is 0 Å². The normalized spacial score (nSPS) is 22.6. The Bertz CT molecular complexity index is 482. The number of nitrogens with zero attached hydrogens (tertiary/aromatic N) is 2. The number of amides is 1. The highest BCUT2D eigenvalue weighted by molar-refractivity contribution is 6.05. The van der Waals surface area contributed by atoms with Gasteiger partial charge in [0.05, 0.1) is 0 Å². The molecule has 0 aromatic heterocycles. The molecule has 16 heavy (non-hydrogen) atoms. The van der Waals surface area contributed by atoms with Crippen LogP contribution in [0.25, 0.3) is 0 Å². The SMILES string of the molecule is NC(=O)C1=CCN2CC=C3CC=C(C3)C2=N1. The number of fused-ring (bicyclic) bond motifs is 4. The molecular formula is C12H13N3O. The number of carbonyl (C=O) groups excluding carboxylic acids is 1. The van der Waals surface area contributed by atoms with Crippen molar-refractivity contribution in [3.63, 3.8) is 0 Å². The van der Waals surface area contributed by atoms with Gasteiger partial charge in [0.25, 0.3) is 5.91 Å². The molecule has 0 atom stereocenters. The standard InChI is InChI=1S/C12H13N3O/c13-11(16)10-4-6-15-5-3-8-1-2-9(7-8)12(15)14-10/h2-4H,1,5-7H2,(H2,13,16). The fourth-order valence-corrected chi connectivity index (χ4v) is 2.31. The maximum Gasteiger partial charge on any atom is 0.267 e. The second kappa shape index (κ2) is 3.33. The highest BCUT2D eigenvalue weighted by atomic mass is 16.1. The Balaban J connectivity index is 2.00. The van der Waals surface area contributed by atoms with Gasteiger partial charge in [-0.15, -0.1) is 0 Å². The second-order valence-corrected chi connectivity index (χ2v) is 4.27. The van der Waals surface area contributed by atoms with Gasteiger partial charge in [0.1, 0.15) is 11.5 Å². The molecule has 3 rings (SSSR count). The van der Waals surface area contributed by atoms with Crippen LogP contribution < -0.4 is 5.73 Å².